The van der Waals surface area contributed by atoms with E-state index in [0.29, 0.717) is 0 Å². The highest BCUT2D eigenvalue weighted by Crippen LogP contribution is 2.48. The van der Waals surface area contributed by atoms with Gasteiger partial charge >= 0.3 is 0 Å². The first-order chi connectivity index (χ1) is 10.3. The lowest BCUT2D eigenvalue weighted by Crippen LogP contribution is -2.25. The first kappa shape index (κ1) is 15.5. The highest BCUT2D eigenvalue weighted by molar-refractivity contribution is 7.84. The summed E-state index contributed by atoms with van der Waals surface area (Å²) in [4.78, 5) is 2.26. The van der Waals surface area contributed by atoms with Gasteiger partial charge in [-0.1, -0.05) is 55.7 Å². The van der Waals surface area contributed by atoms with Crippen LogP contribution in [0.5, 0.6) is 0 Å². The standard InChI is InChI=1S/C18H21PS2/c20-17-12-6-4-10-15(17)19(14-8-2-1-3-9-14)16-11-5-7-13-18(16)21/h4-7,10-14,20-21H,1-3,8-9H2. The van der Waals surface area contributed by atoms with E-state index in [1.807, 2.05) is 0 Å². The maximum Gasteiger partial charge on any atom is 0.0120 e. The predicted octanol–water partition coefficient (Wildman–Crippen LogP) is 5.03. The van der Waals surface area contributed by atoms with Gasteiger partial charge in [-0.05, 0) is 49.2 Å². The molecule has 110 valence electrons. The topological polar surface area (TPSA) is 0 Å². The van der Waals surface area contributed by atoms with Crippen molar-refractivity contribution >= 4 is 43.8 Å². The van der Waals surface area contributed by atoms with Crippen LogP contribution < -0.4 is 10.6 Å². The molecule has 0 unspecified atom stereocenters. The quantitative estimate of drug-likeness (QED) is 0.572. The normalized spacial score (nSPS) is 16.3. The Balaban J connectivity index is 2.07. The monoisotopic (exact) mass is 332 g/mol. The Labute approximate surface area is 139 Å². The fraction of sp³-hybridized carbons (Fsp3) is 0.333. The third kappa shape index (κ3) is 3.50. The summed E-state index contributed by atoms with van der Waals surface area (Å²) in [6, 6.07) is 17.2. The summed E-state index contributed by atoms with van der Waals surface area (Å²) in [7, 11) is -0.363. The molecule has 0 spiro atoms. The summed E-state index contributed by atoms with van der Waals surface area (Å²) >= 11 is 9.46. The Bertz CT molecular complexity index is 560. The molecule has 2 aromatic rings. The summed E-state index contributed by atoms with van der Waals surface area (Å²) in [5.41, 5.74) is 0.773. The van der Waals surface area contributed by atoms with Crippen LogP contribution in [-0.2, 0) is 0 Å². The number of rotatable bonds is 3. The molecule has 0 amide bonds. The summed E-state index contributed by atoms with van der Waals surface area (Å²) in [5.74, 6) is 0. The minimum Gasteiger partial charge on any atom is -0.143 e. The van der Waals surface area contributed by atoms with Crippen LogP contribution in [0.2, 0.25) is 0 Å². The van der Waals surface area contributed by atoms with Crippen molar-refractivity contribution in [3.05, 3.63) is 48.5 Å². The smallest absolute Gasteiger partial charge is 0.0120 e. The van der Waals surface area contributed by atoms with E-state index in [0.717, 1.165) is 15.4 Å². The van der Waals surface area contributed by atoms with Gasteiger partial charge in [0.05, 0.1) is 0 Å². The van der Waals surface area contributed by atoms with E-state index in [1.54, 1.807) is 0 Å². The zero-order valence-electron chi connectivity index (χ0n) is 12.1. The van der Waals surface area contributed by atoms with Gasteiger partial charge in [0.25, 0.3) is 0 Å². The Morgan fingerprint density at radius 1 is 0.714 bits per heavy atom. The number of hydrogen-bond acceptors (Lipinski definition) is 2. The maximum absolute atomic E-state index is 4.73. The van der Waals surface area contributed by atoms with E-state index in [-0.39, 0.29) is 7.92 Å². The van der Waals surface area contributed by atoms with Gasteiger partial charge in [-0.3, -0.25) is 0 Å². The third-order valence-corrected chi connectivity index (χ3v) is 8.42. The van der Waals surface area contributed by atoms with Crippen LogP contribution in [0.1, 0.15) is 32.1 Å². The Morgan fingerprint density at radius 3 is 1.67 bits per heavy atom. The summed E-state index contributed by atoms with van der Waals surface area (Å²) in [6.45, 7) is 0. The van der Waals surface area contributed by atoms with Gasteiger partial charge in [-0.25, -0.2) is 0 Å². The molecule has 0 atom stereocenters. The van der Waals surface area contributed by atoms with Crippen LogP contribution in [-0.4, -0.2) is 5.66 Å². The molecule has 2 aromatic carbocycles. The molecule has 1 aliphatic rings. The van der Waals surface area contributed by atoms with Crippen LogP contribution in [0, 0.1) is 0 Å². The maximum atomic E-state index is 4.73. The summed E-state index contributed by atoms with van der Waals surface area (Å²) in [5, 5.41) is 2.84. The Morgan fingerprint density at radius 2 is 1.19 bits per heavy atom. The van der Waals surface area contributed by atoms with Crippen LogP contribution in [0.4, 0.5) is 0 Å². The largest absolute Gasteiger partial charge is 0.143 e. The van der Waals surface area contributed by atoms with E-state index in [9.17, 15) is 0 Å². The van der Waals surface area contributed by atoms with Gasteiger partial charge < -0.3 is 0 Å². The fourth-order valence-electron chi connectivity index (χ4n) is 3.20. The molecule has 0 radical (unpaired) electrons. The van der Waals surface area contributed by atoms with E-state index in [4.69, 9.17) is 25.3 Å². The molecular weight excluding hydrogens is 311 g/mol. The van der Waals surface area contributed by atoms with Crippen molar-refractivity contribution in [1.29, 1.82) is 0 Å². The number of benzene rings is 2. The second-order valence-electron chi connectivity index (χ2n) is 5.64. The van der Waals surface area contributed by atoms with Gasteiger partial charge in [-0.2, -0.15) is 0 Å². The molecule has 3 rings (SSSR count). The predicted molar refractivity (Wildman–Crippen MR) is 100 cm³/mol. The van der Waals surface area contributed by atoms with Crippen molar-refractivity contribution in [2.45, 2.75) is 47.6 Å². The van der Waals surface area contributed by atoms with Gasteiger partial charge in [-0.15, -0.1) is 25.3 Å². The molecule has 0 bridgehead atoms. The molecule has 1 fully saturated rings. The molecule has 0 heterocycles. The highest BCUT2D eigenvalue weighted by Gasteiger charge is 2.28. The zero-order valence-corrected chi connectivity index (χ0v) is 14.8. The summed E-state index contributed by atoms with van der Waals surface area (Å²) < 4.78 is 0. The molecule has 0 aliphatic heterocycles. The van der Waals surface area contributed by atoms with E-state index < -0.39 is 0 Å². The van der Waals surface area contributed by atoms with Crippen LogP contribution in [0.3, 0.4) is 0 Å². The summed E-state index contributed by atoms with van der Waals surface area (Å²) in [6.07, 6.45) is 6.82. The molecule has 0 saturated heterocycles. The fourth-order valence-corrected chi connectivity index (χ4v) is 7.23. The van der Waals surface area contributed by atoms with Gasteiger partial charge in [0, 0.05) is 9.79 Å². The molecule has 0 aromatic heterocycles. The Hall–Kier alpha value is -0.430. The van der Waals surface area contributed by atoms with Crippen molar-refractivity contribution in [3.63, 3.8) is 0 Å². The molecule has 0 N–H and O–H groups in total. The van der Waals surface area contributed by atoms with Crippen molar-refractivity contribution in [3.8, 4) is 0 Å². The van der Waals surface area contributed by atoms with Gasteiger partial charge in [0.15, 0.2) is 0 Å². The van der Waals surface area contributed by atoms with Gasteiger partial charge in [0.2, 0.25) is 0 Å². The molecular formula is C18H21PS2. The van der Waals surface area contributed by atoms with Crippen LogP contribution >= 0.6 is 33.2 Å². The van der Waals surface area contributed by atoms with E-state index in [1.165, 1.54) is 42.7 Å². The first-order valence-corrected chi connectivity index (χ1v) is 9.93. The number of hydrogen-bond donors (Lipinski definition) is 2. The van der Waals surface area contributed by atoms with Crippen molar-refractivity contribution in [2.75, 3.05) is 0 Å². The molecule has 1 saturated carbocycles. The van der Waals surface area contributed by atoms with Gasteiger partial charge in [0.1, 0.15) is 0 Å². The number of thiol groups is 2. The SMILES string of the molecule is Sc1ccccc1P(c1ccccc1S)C1CCCCC1. The molecule has 1 aliphatic carbocycles. The van der Waals surface area contributed by atoms with E-state index >= 15 is 0 Å². The first-order valence-electron chi connectivity index (χ1n) is 7.62. The lowest BCUT2D eigenvalue weighted by Gasteiger charge is -2.32. The average Bonchev–Trinajstić information content (AvgIpc) is 2.52. The van der Waals surface area contributed by atoms with E-state index in [2.05, 4.69) is 48.5 Å². The lowest BCUT2D eigenvalue weighted by atomic mass is 10.0. The minimum absolute atomic E-state index is 0.363. The second-order valence-corrected chi connectivity index (χ2v) is 9.04. The van der Waals surface area contributed by atoms with Crippen LogP contribution in [0.25, 0.3) is 0 Å². The minimum atomic E-state index is -0.363. The van der Waals surface area contributed by atoms with Crippen molar-refractivity contribution in [2.24, 2.45) is 0 Å². The van der Waals surface area contributed by atoms with Crippen molar-refractivity contribution in [1.82, 2.24) is 0 Å². The van der Waals surface area contributed by atoms with Crippen molar-refractivity contribution < 1.29 is 0 Å². The third-order valence-electron chi connectivity index (χ3n) is 4.22. The Kier molecular flexibility index (Phi) is 5.32. The molecule has 21 heavy (non-hydrogen) atoms. The molecule has 3 heteroatoms. The average molecular weight is 332 g/mol. The molecule has 0 nitrogen and oxygen atoms in total. The second kappa shape index (κ2) is 7.22. The highest BCUT2D eigenvalue weighted by atomic mass is 32.1. The lowest BCUT2D eigenvalue weighted by molar-refractivity contribution is 0.513. The van der Waals surface area contributed by atoms with Crippen LogP contribution in [0.15, 0.2) is 58.3 Å². The zero-order chi connectivity index (χ0) is 14.7.